The highest BCUT2D eigenvalue weighted by atomic mass is 32.2. The van der Waals surface area contributed by atoms with Gasteiger partial charge in [0.1, 0.15) is 5.25 Å². The van der Waals surface area contributed by atoms with Crippen molar-refractivity contribution in [3.63, 3.8) is 0 Å². The summed E-state index contributed by atoms with van der Waals surface area (Å²) < 4.78 is 24.1. The lowest BCUT2D eigenvalue weighted by Gasteiger charge is -2.15. The van der Waals surface area contributed by atoms with Gasteiger partial charge in [0, 0.05) is 6.04 Å². The summed E-state index contributed by atoms with van der Waals surface area (Å²) in [4.78, 5) is 11.7. The van der Waals surface area contributed by atoms with E-state index in [2.05, 4.69) is 5.32 Å². The van der Waals surface area contributed by atoms with Crippen LogP contribution in [0.4, 0.5) is 0 Å². The summed E-state index contributed by atoms with van der Waals surface area (Å²) in [6.45, 7) is 5.03. The van der Waals surface area contributed by atoms with E-state index in [4.69, 9.17) is 0 Å². The molecule has 0 saturated carbocycles. The van der Waals surface area contributed by atoms with Gasteiger partial charge in [-0.1, -0.05) is 30.3 Å². The van der Waals surface area contributed by atoms with Crippen LogP contribution >= 0.6 is 0 Å². The number of hydrogen-bond acceptors (Lipinski definition) is 3. The Morgan fingerprint density at radius 2 is 1.72 bits per heavy atom. The lowest BCUT2D eigenvalue weighted by molar-refractivity contribution is -0.120. The Labute approximate surface area is 108 Å². The molecule has 100 valence electrons. The third-order valence-electron chi connectivity index (χ3n) is 2.55. The van der Waals surface area contributed by atoms with Crippen molar-refractivity contribution in [3.05, 3.63) is 35.9 Å². The lowest BCUT2D eigenvalue weighted by atomic mass is 10.2. The van der Waals surface area contributed by atoms with E-state index in [1.165, 1.54) is 6.92 Å². The Morgan fingerprint density at radius 3 is 2.22 bits per heavy atom. The lowest BCUT2D eigenvalue weighted by Crippen LogP contribution is -2.41. The van der Waals surface area contributed by atoms with Crippen LogP contribution in [0.2, 0.25) is 0 Å². The average molecular weight is 269 g/mol. The molecule has 1 aromatic carbocycles. The van der Waals surface area contributed by atoms with Gasteiger partial charge in [0.05, 0.1) is 5.75 Å². The van der Waals surface area contributed by atoms with Crippen LogP contribution in [0.5, 0.6) is 0 Å². The van der Waals surface area contributed by atoms with Gasteiger partial charge in [-0.25, -0.2) is 8.42 Å². The van der Waals surface area contributed by atoms with Gasteiger partial charge in [0.15, 0.2) is 9.84 Å². The van der Waals surface area contributed by atoms with E-state index in [0.29, 0.717) is 5.56 Å². The van der Waals surface area contributed by atoms with Gasteiger partial charge >= 0.3 is 0 Å². The fourth-order valence-electron chi connectivity index (χ4n) is 1.50. The van der Waals surface area contributed by atoms with Gasteiger partial charge in [-0.05, 0) is 26.3 Å². The molecule has 1 rings (SSSR count). The van der Waals surface area contributed by atoms with Crippen LogP contribution in [0.3, 0.4) is 0 Å². The number of benzene rings is 1. The topological polar surface area (TPSA) is 63.2 Å². The van der Waals surface area contributed by atoms with Gasteiger partial charge in [-0.3, -0.25) is 4.79 Å². The summed E-state index contributed by atoms with van der Waals surface area (Å²) in [5, 5.41) is 1.59. The summed E-state index contributed by atoms with van der Waals surface area (Å²) >= 11 is 0. The van der Waals surface area contributed by atoms with Crippen LogP contribution in [-0.4, -0.2) is 25.6 Å². The van der Waals surface area contributed by atoms with Crippen LogP contribution in [0.15, 0.2) is 30.3 Å². The molecule has 0 bridgehead atoms. The summed E-state index contributed by atoms with van der Waals surface area (Å²) in [5.41, 5.74) is 0.696. The maximum Gasteiger partial charge on any atom is 0.238 e. The molecule has 0 spiro atoms. The molecule has 5 heteroatoms. The molecule has 0 aromatic heterocycles. The minimum atomic E-state index is -3.47. The minimum Gasteiger partial charge on any atom is -0.353 e. The Bertz CT molecular complexity index is 494. The van der Waals surface area contributed by atoms with Gasteiger partial charge < -0.3 is 5.32 Å². The number of nitrogens with one attached hydrogen (secondary N) is 1. The highest BCUT2D eigenvalue weighted by Gasteiger charge is 2.28. The van der Waals surface area contributed by atoms with E-state index in [0.717, 1.165) is 0 Å². The molecule has 0 saturated heterocycles. The first kappa shape index (κ1) is 14.7. The maximum absolute atomic E-state index is 12.1. The number of sulfone groups is 1. The second kappa shape index (κ2) is 6.00. The second-order valence-electron chi connectivity index (χ2n) is 4.60. The Hall–Kier alpha value is -1.36. The van der Waals surface area contributed by atoms with E-state index < -0.39 is 21.0 Å². The van der Waals surface area contributed by atoms with Gasteiger partial charge in [-0.15, -0.1) is 0 Å². The fourth-order valence-corrected chi connectivity index (χ4v) is 2.80. The Morgan fingerprint density at radius 1 is 1.17 bits per heavy atom. The van der Waals surface area contributed by atoms with Crippen molar-refractivity contribution in [2.24, 2.45) is 0 Å². The molecule has 1 atom stereocenters. The number of carbonyl (C=O) groups is 1. The highest BCUT2D eigenvalue weighted by Crippen LogP contribution is 2.11. The van der Waals surface area contributed by atoms with Crippen LogP contribution < -0.4 is 5.32 Å². The van der Waals surface area contributed by atoms with Crippen LogP contribution in [-0.2, 0) is 20.4 Å². The zero-order chi connectivity index (χ0) is 13.8. The summed E-state index contributed by atoms with van der Waals surface area (Å²) in [6.07, 6.45) is 0. The molecule has 1 aromatic rings. The molecule has 1 N–H and O–H groups in total. The highest BCUT2D eigenvalue weighted by molar-refractivity contribution is 7.92. The molecule has 0 aliphatic carbocycles. The summed E-state index contributed by atoms with van der Waals surface area (Å²) in [6, 6.07) is 8.81. The van der Waals surface area contributed by atoms with Crippen LogP contribution in [0, 0.1) is 0 Å². The number of amides is 1. The second-order valence-corrected chi connectivity index (χ2v) is 6.92. The largest absolute Gasteiger partial charge is 0.353 e. The monoisotopic (exact) mass is 269 g/mol. The van der Waals surface area contributed by atoms with Crippen molar-refractivity contribution in [1.82, 2.24) is 5.32 Å². The molecule has 0 unspecified atom stereocenters. The van der Waals surface area contributed by atoms with Gasteiger partial charge in [-0.2, -0.15) is 0 Å². The zero-order valence-corrected chi connectivity index (χ0v) is 11.7. The van der Waals surface area contributed by atoms with E-state index in [1.54, 1.807) is 38.1 Å². The van der Waals surface area contributed by atoms with Gasteiger partial charge in [0.25, 0.3) is 0 Å². The van der Waals surface area contributed by atoms with Crippen molar-refractivity contribution in [1.29, 1.82) is 0 Å². The molecule has 18 heavy (non-hydrogen) atoms. The van der Waals surface area contributed by atoms with Crippen molar-refractivity contribution >= 4 is 15.7 Å². The molecule has 0 aliphatic heterocycles. The summed E-state index contributed by atoms with van der Waals surface area (Å²) in [7, 11) is -3.47. The maximum atomic E-state index is 12.1. The van der Waals surface area contributed by atoms with Gasteiger partial charge in [0.2, 0.25) is 5.91 Å². The van der Waals surface area contributed by atoms with Crippen molar-refractivity contribution in [2.45, 2.75) is 37.8 Å². The van der Waals surface area contributed by atoms with E-state index in [1.807, 2.05) is 6.07 Å². The Balaban J connectivity index is 2.78. The standard InChI is InChI=1S/C13H19NO3S/c1-10(2)14-13(15)11(3)18(16,17)9-12-7-5-4-6-8-12/h4-8,10-11H,9H2,1-3H3,(H,14,15)/t11-/m0/s1. The van der Waals surface area contributed by atoms with E-state index >= 15 is 0 Å². The SMILES string of the molecule is CC(C)NC(=O)[C@H](C)S(=O)(=O)Cc1ccccc1. The van der Waals surface area contributed by atoms with Crippen molar-refractivity contribution in [2.75, 3.05) is 0 Å². The number of carbonyl (C=O) groups excluding carboxylic acids is 1. The minimum absolute atomic E-state index is 0.0631. The molecule has 0 radical (unpaired) electrons. The molecular formula is C13H19NO3S. The third kappa shape index (κ3) is 4.14. The zero-order valence-electron chi connectivity index (χ0n) is 10.9. The molecular weight excluding hydrogens is 250 g/mol. The first-order valence-corrected chi connectivity index (χ1v) is 7.60. The fraction of sp³-hybridized carbons (Fsp3) is 0.462. The normalized spacial score (nSPS) is 13.3. The predicted molar refractivity (Wildman–Crippen MR) is 71.8 cm³/mol. The van der Waals surface area contributed by atoms with Crippen molar-refractivity contribution in [3.8, 4) is 0 Å². The molecule has 0 fully saturated rings. The molecule has 0 aliphatic rings. The van der Waals surface area contributed by atoms with Crippen molar-refractivity contribution < 1.29 is 13.2 Å². The van der Waals surface area contributed by atoms with Crippen LogP contribution in [0.1, 0.15) is 26.3 Å². The number of hydrogen-bond donors (Lipinski definition) is 1. The predicted octanol–water partition coefficient (Wildman–Crippen LogP) is 1.51. The number of rotatable bonds is 5. The average Bonchev–Trinajstić information content (AvgIpc) is 2.27. The molecule has 0 heterocycles. The Kier molecular flexibility index (Phi) is 4.90. The van der Waals surface area contributed by atoms with E-state index in [9.17, 15) is 13.2 Å². The molecule has 1 amide bonds. The first-order chi connectivity index (χ1) is 8.33. The quantitative estimate of drug-likeness (QED) is 0.881. The summed E-state index contributed by atoms with van der Waals surface area (Å²) in [5.74, 6) is -0.554. The smallest absolute Gasteiger partial charge is 0.238 e. The van der Waals surface area contributed by atoms with Crippen LogP contribution in [0.25, 0.3) is 0 Å². The third-order valence-corrected chi connectivity index (χ3v) is 4.58. The molecule has 4 nitrogen and oxygen atoms in total. The van der Waals surface area contributed by atoms with E-state index in [-0.39, 0.29) is 11.8 Å². The first-order valence-electron chi connectivity index (χ1n) is 5.89.